The van der Waals surface area contributed by atoms with Crippen molar-refractivity contribution in [3.63, 3.8) is 0 Å². The fraction of sp³-hybridized carbons (Fsp3) is 0.286. The van der Waals surface area contributed by atoms with Crippen LogP contribution in [0, 0.1) is 13.8 Å². The number of amides is 1. The maximum atomic E-state index is 12.4. The molecule has 0 aliphatic rings. The fourth-order valence-corrected chi connectivity index (χ4v) is 3.92. The summed E-state index contributed by atoms with van der Waals surface area (Å²) in [5.41, 5.74) is 2.71. The van der Waals surface area contributed by atoms with Crippen molar-refractivity contribution >= 4 is 46.6 Å². The van der Waals surface area contributed by atoms with Crippen molar-refractivity contribution < 1.29 is 9.53 Å². The van der Waals surface area contributed by atoms with Gasteiger partial charge in [-0.15, -0.1) is 10.2 Å². The Morgan fingerprint density at radius 2 is 1.97 bits per heavy atom. The van der Waals surface area contributed by atoms with Crippen LogP contribution >= 0.6 is 35.0 Å². The topological polar surface area (TPSA) is 69.0 Å². The van der Waals surface area contributed by atoms with Gasteiger partial charge in [-0.3, -0.25) is 4.79 Å². The number of aryl methyl sites for hydroxylation is 2. The highest BCUT2D eigenvalue weighted by Crippen LogP contribution is 2.27. The summed E-state index contributed by atoms with van der Waals surface area (Å²) in [6.07, 6.45) is 0. The van der Waals surface area contributed by atoms with E-state index >= 15 is 0 Å². The van der Waals surface area contributed by atoms with Gasteiger partial charge in [0.15, 0.2) is 11.0 Å². The number of hydrogen-bond acceptors (Lipinski definition) is 5. The van der Waals surface area contributed by atoms with Gasteiger partial charge in [-0.05, 0) is 56.2 Å². The number of aromatic nitrogens is 3. The molecule has 1 amide bonds. The first-order chi connectivity index (χ1) is 14.4. The highest BCUT2D eigenvalue weighted by Gasteiger charge is 2.15. The van der Waals surface area contributed by atoms with Gasteiger partial charge in [0.25, 0.3) is 0 Å². The van der Waals surface area contributed by atoms with Gasteiger partial charge in [0.2, 0.25) is 5.91 Å². The van der Waals surface area contributed by atoms with Gasteiger partial charge in [0.05, 0.1) is 10.8 Å². The number of ether oxygens (including phenoxy) is 1. The molecular formula is C21H22Cl2N4O2S. The van der Waals surface area contributed by atoms with Crippen LogP contribution in [-0.4, -0.2) is 26.4 Å². The molecule has 3 rings (SSSR count). The number of rotatable bonds is 8. The normalized spacial score (nSPS) is 10.8. The highest BCUT2D eigenvalue weighted by molar-refractivity contribution is 7.99. The lowest BCUT2D eigenvalue weighted by Crippen LogP contribution is -2.15. The Morgan fingerprint density at radius 3 is 2.73 bits per heavy atom. The lowest BCUT2D eigenvalue weighted by molar-refractivity contribution is -0.113. The summed E-state index contributed by atoms with van der Waals surface area (Å²) < 4.78 is 7.76. The van der Waals surface area contributed by atoms with Gasteiger partial charge < -0.3 is 14.6 Å². The number of hydrogen-bond donors (Lipinski definition) is 1. The Bertz CT molecular complexity index is 1060. The minimum Gasteiger partial charge on any atom is -0.484 e. The molecule has 2 aromatic carbocycles. The zero-order valence-electron chi connectivity index (χ0n) is 16.9. The summed E-state index contributed by atoms with van der Waals surface area (Å²) in [7, 11) is 0. The van der Waals surface area contributed by atoms with Crippen LogP contribution in [0.3, 0.4) is 0 Å². The lowest BCUT2D eigenvalue weighted by Gasteiger charge is -2.11. The van der Waals surface area contributed by atoms with Gasteiger partial charge in [-0.1, -0.05) is 47.1 Å². The van der Waals surface area contributed by atoms with E-state index < -0.39 is 0 Å². The van der Waals surface area contributed by atoms with E-state index in [1.807, 2.05) is 43.5 Å². The molecule has 0 saturated carbocycles. The predicted octanol–water partition coefficient (Wildman–Crippen LogP) is 5.53. The summed E-state index contributed by atoms with van der Waals surface area (Å²) in [6.45, 7) is 6.77. The average molecular weight is 465 g/mol. The Balaban J connectivity index is 1.61. The van der Waals surface area contributed by atoms with Crippen LogP contribution in [-0.2, 0) is 17.9 Å². The summed E-state index contributed by atoms with van der Waals surface area (Å²) in [6, 6.07) is 11.0. The van der Waals surface area contributed by atoms with Crippen molar-refractivity contribution in [3.05, 3.63) is 63.4 Å². The molecule has 9 heteroatoms. The first-order valence-electron chi connectivity index (χ1n) is 9.37. The van der Waals surface area contributed by atoms with E-state index in [9.17, 15) is 4.79 Å². The number of carbonyl (C=O) groups excluding carboxylic acids is 1. The Kier molecular flexibility index (Phi) is 7.64. The molecular weight excluding hydrogens is 443 g/mol. The van der Waals surface area contributed by atoms with Gasteiger partial charge in [-0.25, -0.2) is 0 Å². The average Bonchev–Trinajstić information content (AvgIpc) is 3.11. The molecule has 0 spiro atoms. The van der Waals surface area contributed by atoms with Crippen molar-refractivity contribution in [3.8, 4) is 5.75 Å². The van der Waals surface area contributed by atoms with E-state index in [1.165, 1.54) is 11.8 Å². The molecule has 0 fully saturated rings. The number of nitrogens with zero attached hydrogens (tertiary/aromatic N) is 3. The number of carbonyl (C=O) groups is 1. The van der Waals surface area contributed by atoms with Crippen LogP contribution in [0.15, 0.2) is 41.6 Å². The molecule has 158 valence electrons. The third-order valence-electron chi connectivity index (χ3n) is 4.36. The quantitative estimate of drug-likeness (QED) is 0.443. The molecule has 1 aromatic heterocycles. The molecule has 0 saturated heterocycles. The van der Waals surface area contributed by atoms with Crippen LogP contribution in [0.5, 0.6) is 5.75 Å². The van der Waals surface area contributed by atoms with Crippen LogP contribution in [0.4, 0.5) is 5.69 Å². The van der Waals surface area contributed by atoms with Crippen LogP contribution in [0.1, 0.15) is 23.9 Å². The number of benzene rings is 2. The minimum atomic E-state index is -0.139. The second-order valence-electron chi connectivity index (χ2n) is 6.66. The zero-order valence-corrected chi connectivity index (χ0v) is 19.2. The molecule has 0 aliphatic carbocycles. The summed E-state index contributed by atoms with van der Waals surface area (Å²) in [5, 5.41) is 13.1. The zero-order chi connectivity index (χ0) is 21.7. The van der Waals surface area contributed by atoms with Crippen LogP contribution in [0.2, 0.25) is 10.0 Å². The van der Waals surface area contributed by atoms with Crippen molar-refractivity contribution in [1.82, 2.24) is 14.8 Å². The molecule has 0 aliphatic heterocycles. The Hall–Kier alpha value is -2.22. The van der Waals surface area contributed by atoms with Crippen molar-refractivity contribution in [2.45, 2.75) is 39.1 Å². The second kappa shape index (κ2) is 10.2. The predicted molar refractivity (Wildman–Crippen MR) is 122 cm³/mol. The SMILES string of the molecule is CCn1c(COc2cc(C)ccc2Cl)nnc1SCC(=O)Nc1cc(Cl)ccc1C. The molecule has 0 atom stereocenters. The third-order valence-corrected chi connectivity index (χ3v) is 5.87. The van der Waals surface area contributed by atoms with Crippen molar-refractivity contribution in [2.24, 2.45) is 0 Å². The Labute approximate surface area is 189 Å². The number of anilines is 1. The van der Waals surface area contributed by atoms with E-state index in [4.69, 9.17) is 27.9 Å². The van der Waals surface area contributed by atoms with Gasteiger partial charge in [-0.2, -0.15) is 0 Å². The van der Waals surface area contributed by atoms with E-state index in [0.717, 1.165) is 11.1 Å². The summed E-state index contributed by atoms with van der Waals surface area (Å²) >= 11 is 13.5. The monoisotopic (exact) mass is 464 g/mol. The smallest absolute Gasteiger partial charge is 0.234 e. The molecule has 0 bridgehead atoms. The van der Waals surface area contributed by atoms with Crippen molar-refractivity contribution in [2.75, 3.05) is 11.1 Å². The van der Waals surface area contributed by atoms with Crippen LogP contribution < -0.4 is 10.1 Å². The molecule has 0 unspecified atom stereocenters. The van der Waals surface area contributed by atoms with Crippen LogP contribution in [0.25, 0.3) is 0 Å². The van der Waals surface area contributed by atoms with E-state index in [-0.39, 0.29) is 18.3 Å². The molecule has 1 N–H and O–H groups in total. The van der Waals surface area contributed by atoms with E-state index in [1.54, 1.807) is 18.2 Å². The number of thioether (sulfide) groups is 1. The van der Waals surface area contributed by atoms with Gasteiger partial charge in [0, 0.05) is 17.3 Å². The molecule has 30 heavy (non-hydrogen) atoms. The summed E-state index contributed by atoms with van der Waals surface area (Å²) in [4.78, 5) is 12.4. The molecule has 1 heterocycles. The third kappa shape index (κ3) is 5.68. The Morgan fingerprint density at radius 1 is 1.17 bits per heavy atom. The highest BCUT2D eigenvalue weighted by atomic mass is 35.5. The summed E-state index contributed by atoms with van der Waals surface area (Å²) in [5.74, 6) is 1.34. The molecule has 0 radical (unpaired) electrons. The standard InChI is InChI=1S/C21H22Cl2N4O2S/c1-4-27-19(11-29-18-9-13(2)5-8-16(18)23)25-26-21(27)30-12-20(28)24-17-10-15(22)7-6-14(17)3/h5-10H,4,11-12H2,1-3H3,(H,24,28). The fourth-order valence-electron chi connectivity index (χ4n) is 2.76. The maximum absolute atomic E-state index is 12.4. The molecule has 3 aromatic rings. The largest absolute Gasteiger partial charge is 0.484 e. The maximum Gasteiger partial charge on any atom is 0.234 e. The number of halogens is 2. The van der Waals surface area contributed by atoms with Crippen molar-refractivity contribution in [1.29, 1.82) is 0 Å². The van der Waals surface area contributed by atoms with Gasteiger partial charge >= 0.3 is 0 Å². The van der Waals surface area contributed by atoms with Gasteiger partial charge in [0.1, 0.15) is 12.4 Å². The second-order valence-corrected chi connectivity index (χ2v) is 8.45. The molecule has 6 nitrogen and oxygen atoms in total. The minimum absolute atomic E-state index is 0.139. The first kappa shape index (κ1) is 22.5. The van der Waals surface area contributed by atoms with E-state index in [0.29, 0.717) is 39.0 Å². The first-order valence-corrected chi connectivity index (χ1v) is 11.1. The van der Waals surface area contributed by atoms with E-state index in [2.05, 4.69) is 15.5 Å². The lowest BCUT2D eigenvalue weighted by atomic mass is 10.2. The number of nitrogens with one attached hydrogen (secondary N) is 1.